The predicted molar refractivity (Wildman–Crippen MR) is 51.8 cm³/mol. The zero-order chi connectivity index (χ0) is 11.7. The van der Waals surface area contributed by atoms with E-state index >= 15 is 0 Å². The fourth-order valence-corrected chi connectivity index (χ4v) is 0.555. The van der Waals surface area contributed by atoms with Crippen LogP contribution in [0.3, 0.4) is 0 Å². The summed E-state index contributed by atoms with van der Waals surface area (Å²) in [7, 11) is 0. The van der Waals surface area contributed by atoms with E-state index in [0.29, 0.717) is 11.1 Å². The molecule has 0 aliphatic carbocycles. The first kappa shape index (κ1) is 19.7. The van der Waals surface area contributed by atoms with Gasteiger partial charge in [0.25, 0.3) is 0 Å². The van der Waals surface area contributed by atoms with Gasteiger partial charge in [0.1, 0.15) is 0 Å². The topological polar surface area (TPSA) is 46.1 Å². The number of hydrogen-bond acceptors (Lipinski definition) is 2. The minimum Gasteiger partial charge on any atom is -0.901 e. The summed E-state index contributed by atoms with van der Waals surface area (Å²) in [6.45, 7) is 16.2. The monoisotopic (exact) mass is 292 g/mol. The number of rotatable bonds is 2. The van der Waals surface area contributed by atoms with Crippen LogP contribution in [-0.2, 0) is 19.5 Å². The Hall–Kier alpha value is -0.817. The minimum absolute atomic E-state index is 0. The standard InChI is InChI=1S/2C6H8O.Ru/c2*1-5(2)4-6(3)7;/h2*1,7H,2-3H3;/q2*-2;+6/p-2. The molecule has 0 heterocycles. The van der Waals surface area contributed by atoms with Crippen molar-refractivity contribution in [2.45, 2.75) is 27.7 Å². The summed E-state index contributed by atoms with van der Waals surface area (Å²) in [5.74, 6) is -0.250. The third kappa shape index (κ3) is 32.0. The van der Waals surface area contributed by atoms with Crippen LogP contribution in [0.4, 0.5) is 0 Å². The Balaban J connectivity index is -0.000000180. The predicted octanol–water partition coefficient (Wildman–Crippen LogP) is 0.863. The maximum Gasteiger partial charge on any atom is 6.00 e. The van der Waals surface area contributed by atoms with Crippen molar-refractivity contribution in [2.75, 3.05) is 0 Å². The van der Waals surface area contributed by atoms with Crippen LogP contribution in [0.5, 0.6) is 0 Å². The first-order chi connectivity index (χ1) is 6.25. The Morgan fingerprint density at radius 3 is 1.00 bits per heavy atom. The Kier molecular flexibility index (Phi) is 14.8. The van der Waals surface area contributed by atoms with Gasteiger partial charge in [0, 0.05) is 0 Å². The molecule has 0 N–H and O–H groups in total. The zero-order valence-corrected chi connectivity index (χ0v) is 11.1. The van der Waals surface area contributed by atoms with Crippen molar-refractivity contribution in [3.05, 3.63) is 48.0 Å². The molecule has 0 amide bonds. The Labute approximate surface area is 105 Å². The van der Waals surface area contributed by atoms with E-state index in [1.54, 1.807) is 13.8 Å². The van der Waals surface area contributed by atoms with Crippen molar-refractivity contribution in [1.29, 1.82) is 0 Å². The minimum atomic E-state index is -0.125. The van der Waals surface area contributed by atoms with Crippen molar-refractivity contribution in [2.24, 2.45) is 0 Å². The molecule has 15 heavy (non-hydrogen) atoms. The van der Waals surface area contributed by atoms with Crippen molar-refractivity contribution in [3.8, 4) is 0 Å². The molecule has 0 aromatic rings. The van der Waals surface area contributed by atoms with Crippen molar-refractivity contribution < 1.29 is 29.7 Å². The molecule has 0 aliphatic heterocycles. The number of allylic oxidation sites excluding steroid dienone is 6. The molecule has 0 spiro atoms. The molecule has 0 aliphatic rings. The van der Waals surface area contributed by atoms with Crippen LogP contribution in [0.25, 0.3) is 0 Å². The molecule has 0 aromatic heterocycles. The van der Waals surface area contributed by atoms with Gasteiger partial charge in [0.15, 0.2) is 0 Å². The maximum absolute atomic E-state index is 10.0. The van der Waals surface area contributed by atoms with Crippen molar-refractivity contribution in [1.82, 2.24) is 0 Å². The van der Waals surface area contributed by atoms with E-state index < -0.39 is 0 Å². The summed E-state index contributed by atoms with van der Waals surface area (Å²) < 4.78 is 0. The van der Waals surface area contributed by atoms with Crippen molar-refractivity contribution in [3.63, 3.8) is 0 Å². The summed E-state index contributed by atoms with van der Waals surface area (Å²) in [5, 5.41) is 20.1. The van der Waals surface area contributed by atoms with E-state index in [1.807, 2.05) is 0 Å². The van der Waals surface area contributed by atoms with Gasteiger partial charge in [-0.05, 0) is 0 Å². The fraction of sp³-hybridized carbons (Fsp3) is 0.333. The molecule has 0 radical (unpaired) electrons. The third-order valence-corrected chi connectivity index (χ3v) is 0.746. The van der Waals surface area contributed by atoms with Gasteiger partial charge in [0.05, 0.1) is 0 Å². The van der Waals surface area contributed by atoms with Gasteiger partial charge >= 0.3 is 19.5 Å². The van der Waals surface area contributed by atoms with Gasteiger partial charge in [-0.1, -0.05) is 13.8 Å². The van der Waals surface area contributed by atoms with Crippen LogP contribution < -0.4 is 10.2 Å². The van der Waals surface area contributed by atoms with Gasteiger partial charge in [0.2, 0.25) is 0 Å². The molecule has 0 rings (SSSR count). The summed E-state index contributed by atoms with van der Waals surface area (Å²) in [6.07, 6.45) is 4.72. The largest absolute Gasteiger partial charge is 6.00 e. The van der Waals surface area contributed by atoms with Gasteiger partial charge in [-0.3, -0.25) is 0 Å². The fourth-order valence-electron chi connectivity index (χ4n) is 0.555. The molecule has 82 valence electrons. The van der Waals surface area contributed by atoms with Crippen LogP contribution in [0.1, 0.15) is 27.7 Å². The van der Waals surface area contributed by atoms with E-state index in [1.165, 1.54) is 13.8 Å². The molecule has 0 saturated carbocycles. The molecule has 0 aromatic carbocycles. The molecular weight excluding hydrogens is 277 g/mol. The molecule has 0 bridgehead atoms. The van der Waals surface area contributed by atoms with E-state index in [-0.39, 0.29) is 31.0 Å². The summed E-state index contributed by atoms with van der Waals surface area (Å²) >= 11 is 0. The molecule has 0 atom stereocenters. The summed E-state index contributed by atoms with van der Waals surface area (Å²) in [4.78, 5) is 0. The van der Waals surface area contributed by atoms with Crippen LogP contribution in [0, 0.1) is 25.3 Å². The van der Waals surface area contributed by atoms with E-state index in [2.05, 4.69) is 12.2 Å². The second kappa shape index (κ2) is 11.3. The average molecular weight is 291 g/mol. The molecule has 0 unspecified atom stereocenters. The van der Waals surface area contributed by atoms with Crippen LogP contribution in [0.2, 0.25) is 0 Å². The van der Waals surface area contributed by atoms with E-state index in [9.17, 15) is 10.2 Å². The van der Waals surface area contributed by atoms with Crippen LogP contribution in [0.15, 0.2) is 22.7 Å². The Morgan fingerprint density at radius 2 is 1.00 bits per heavy atom. The SMILES string of the molecule is [CH-]=C(C)[C-]=C(C)[O-].[CH-]=C(C)[C-]=C(C)[O-].[Ru+6]. The molecule has 0 saturated heterocycles. The van der Waals surface area contributed by atoms with E-state index in [0.717, 1.165) is 0 Å². The molecule has 0 fully saturated rings. The summed E-state index contributed by atoms with van der Waals surface area (Å²) in [5.41, 5.74) is 0.875. The quantitative estimate of drug-likeness (QED) is 0.328. The van der Waals surface area contributed by atoms with Gasteiger partial charge in [-0.2, -0.15) is 0 Å². The Morgan fingerprint density at radius 1 is 0.800 bits per heavy atom. The smallest absolute Gasteiger partial charge is 0.901 e. The second-order valence-corrected chi connectivity index (χ2v) is 2.73. The van der Waals surface area contributed by atoms with Gasteiger partial charge in [-0.25, -0.2) is 0 Å². The van der Waals surface area contributed by atoms with Crippen molar-refractivity contribution >= 4 is 0 Å². The second-order valence-electron chi connectivity index (χ2n) is 2.73. The maximum atomic E-state index is 10.0. The van der Waals surface area contributed by atoms with Crippen LogP contribution in [-0.4, -0.2) is 0 Å². The van der Waals surface area contributed by atoms with E-state index in [4.69, 9.17) is 13.2 Å². The normalized spacial score (nSPS) is 10.7. The molecular formula is C12H14O2Ru. The Bertz CT molecular complexity index is 227. The molecule has 3 heteroatoms. The first-order valence-corrected chi connectivity index (χ1v) is 3.99. The third-order valence-electron chi connectivity index (χ3n) is 0.746. The van der Waals surface area contributed by atoms with Gasteiger partial charge < -0.3 is 58.2 Å². The van der Waals surface area contributed by atoms with Crippen LogP contribution >= 0.6 is 0 Å². The first-order valence-electron chi connectivity index (χ1n) is 3.99. The zero-order valence-electron chi connectivity index (χ0n) is 9.32. The van der Waals surface area contributed by atoms with Gasteiger partial charge in [-0.15, -0.1) is 13.8 Å². The molecule has 2 nitrogen and oxygen atoms in total. The average Bonchev–Trinajstić information content (AvgIpc) is 1.79. The summed E-state index contributed by atoms with van der Waals surface area (Å²) in [6, 6.07) is 0. The number of hydrogen-bond donors (Lipinski definition) is 0.